The number of nitrogens with zero attached hydrogens (tertiary/aromatic N) is 2. The van der Waals surface area contributed by atoms with Crippen LogP contribution in [0.5, 0.6) is 0 Å². The normalized spacial score (nSPS) is 28.6. The van der Waals surface area contributed by atoms with E-state index in [4.69, 9.17) is 0 Å². The van der Waals surface area contributed by atoms with Gasteiger partial charge in [-0.25, -0.2) is 4.98 Å². The SMILES string of the molecule is O=C1C(C2CCCC2)C(O)c2cccnc2N1O. The van der Waals surface area contributed by atoms with Gasteiger partial charge in [-0.05, 0) is 24.8 Å². The summed E-state index contributed by atoms with van der Waals surface area (Å²) in [5, 5.41) is 20.9. The van der Waals surface area contributed by atoms with E-state index in [0.29, 0.717) is 10.6 Å². The number of aliphatic hydroxyl groups excluding tert-OH is 1. The fraction of sp³-hybridized carbons (Fsp3) is 0.538. The van der Waals surface area contributed by atoms with Gasteiger partial charge >= 0.3 is 0 Å². The molecule has 5 heteroatoms. The molecule has 0 saturated heterocycles. The maximum absolute atomic E-state index is 12.2. The van der Waals surface area contributed by atoms with Crippen LogP contribution in [0.1, 0.15) is 37.4 Å². The van der Waals surface area contributed by atoms with E-state index in [0.717, 1.165) is 25.7 Å². The van der Waals surface area contributed by atoms with Crippen molar-refractivity contribution in [3.63, 3.8) is 0 Å². The van der Waals surface area contributed by atoms with Crippen LogP contribution in [0.4, 0.5) is 5.82 Å². The maximum atomic E-state index is 12.2. The Labute approximate surface area is 105 Å². The van der Waals surface area contributed by atoms with Gasteiger partial charge in [0.1, 0.15) is 0 Å². The Morgan fingerprint density at radius 1 is 1.33 bits per heavy atom. The van der Waals surface area contributed by atoms with Gasteiger partial charge in [0.25, 0.3) is 5.91 Å². The molecule has 1 fully saturated rings. The highest BCUT2D eigenvalue weighted by atomic mass is 16.5. The molecule has 2 unspecified atom stereocenters. The van der Waals surface area contributed by atoms with Crippen molar-refractivity contribution in [3.05, 3.63) is 23.9 Å². The third-order valence-electron chi connectivity index (χ3n) is 4.08. The first-order chi connectivity index (χ1) is 8.70. The monoisotopic (exact) mass is 248 g/mol. The number of aromatic nitrogens is 1. The first kappa shape index (κ1) is 11.6. The van der Waals surface area contributed by atoms with Gasteiger partial charge in [0.05, 0.1) is 12.0 Å². The van der Waals surface area contributed by atoms with E-state index < -0.39 is 17.9 Å². The van der Waals surface area contributed by atoms with E-state index in [1.54, 1.807) is 12.1 Å². The van der Waals surface area contributed by atoms with E-state index in [-0.39, 0.29) is 11.7 Å². The molecule has 0 spiro atoms. The summed E-state index contributed by atoms with van der Waals surface area (Å²) in [4.78, 5) is 16.1. The lowest BCUT2D eigenvalue weighted by molar-refractivity contribution is -0.135. The molecule has 96 valence electrons. The first-order valence-corrected chi connectivity index (χ1v) is 6.36. The Morgan fingerprint density at radius 2 is 2.06 bits per heavy atom. The number of hydrogen-bond acceptors (Lipinski definition) is 4. The third-order valence-corrected chi connectivity index (χ3v) is 4.08. The Morgan fingerprint density at radius 3 is 2.78 bits per heavy atom. The molecule has 2 N–H and O–H groups in total. The van der Waals surface area contributed by atoms with Gasteiger partial charge in [0.15, 0.2) is 5.82 Å². The minimum absolute atomic E-state index is 0.157. The summed E-state index contributed by atoms with van der Waals surface area (Å²) < 4.78 is 0. The smallest absolute Gasteiger partial charge is 0.258 e. The number of hydroxylamine groups is 1. The lowest BCUT2D eigenvalue weighted by Gasteiger charge is -2.35. The summed E-state index contributed by atoms with van der Waals surface area (Å²) in [6.45, 7) is 0. The predicted octanol–water partition coefficient (Wildman–Crippen LogP) is 1.66. The van der Waals surface area contributed by atoms with Gasteiger partial charge in [-0.2, -0.15) is 5.06 Å². The van der Waals surface area contributed by atoms with Crippen LogP contribution >= 0.6 is 0 Å². The summed E-state index contributed by atoms with van der Waals surface area (Å²) in [6, 6.07) is 3.42. The van der Waals surface area contributed by atoms with E-state index in [2.05, 4.69) is 4.98 Å². The van der Waals surface area contributed by atoms with Crippen molar-refractivity contribution in [3.8, 4) is 0 Å². The molecule has 18 heavy (non-hydrogen) atoms. The number of pyridine rings is 1. The van der Waals surface area contributed by atoms with Crippen LogP contribution in [0.15, 0.2) is 18.3 Å². The van der Waals surface area contributed by atoms with Crippen LogP contribution in [0.3, 0.4) is 0 Å². The van der Waals surface area contributed by atoms with Crippen LogP contribution in [-0.4, -0.2) is 21.2 Å². The van der Waals surface area contributed by atoms with Crippen LogP contribution in [0.2, 0.25) is 0 Å². The molecule has 2 atom stereocenters. The van der Waals surface area contributed by atoms with Crippen molar-refractivity contribution in [2.45, 2.75) is 31.8 Å². The molecular formula is C13H16N2O3. The van der Waals surface area contributed by atoms with Crippen molar-refractivity contribution >= 4 is 11.7 Å². The highest BCUT2D eigenvalue weighted by Gasteiger charge is 2.44. The number of carbonyl (C=O) groups is 1. The quantitative estimate of drug-likeness (QED) is 0.741. The van der Waals surface area contributed by atoms with Gasteiger partial charge in [0, 0.05) is 11.8 Å². The summed E-state index contributed by atoms with van der Waals surface area (Å²) in [6.07, 6.45) is 4.71. The number of hydrogen-bond donors (Lipinski definition) is 2. The number of carbonyl (C=O) groups excluding carboxylic acids is 1. The van der Waals surface area contributed by atoms with E-state index in [1.165, 1.54) is 6.20 Å². The summed E-state index contributed by atoms with van der Waals surface area (Å²) >= 11 is 0. The number of anilines is 1. The van der Waals surface area contributed by atoms with Crippen molar-refractivity contribution in [1.82, 2.24) is 4.98 Å². The second kappa shape index (κ2) is 4.33. The van der Waals surface area contributed by atoms with E-state index in [1.807, 2.05) is 0 Å². The zero-order chi connectivity index (χ0) is 12.7. The fourth-order valence-electron chi connectivity index (χ4n) is 3.17. The molecule has 1 aromatic rings. The van der Waals surface area contributed by atoms with Crippen molar-refractivity contribution in [1.29, 1.82) is 0 Å². The molecule has 1 aliphatic carbocycles. The molecule has 2 heterocycles. The van der Waals surface area contributed by atoms with E-state index in [9.17, 15) is 15.1 Å². The first-order valence-electron chi connectivity index (χ1n) is 6.36. The molecule has 2 aliphatic rings. The van der Waals surface area contributed by atoms with Crippen LogP contribution in [0, 0.1) is 11.8 Å². The standard InChI is InChI=1S/C13H16N2O3/c16-11-9-6-3-7-14-12(9)15(18)13(17)10(11)8-4-1-2-5-8/h3,6-8,10-11,16,18H,1-2,4-5H2. The van der Waals surface area contributed by atoms with Crippen molar-refractivity contribution in [2.24, 2.45) is 11.8 Å². The minimum Gasteiger partial charge on any atom is -0.387 e. The molecule has 1 saturated carbocycles. The zero-order valence-corrected chi connectivity index (χ0v) is 9.99. The molecule has 1 amide bonds. The van der Waals surface area contributed by atoms with Crippen LogP contribution in [0.25, 0.3) is 0 Å². The highest BCUT2D eigenvalue weighted by Crippen LogP contribution is 2.44. The molecule has 1 aromatic heterocycles. The molecular weight excluding hydrogens is 232 g/mol. The lowest BCUT2D eigenvalue weighted by Crippen LogP contribution is -2.44. The zero-order valence-electron chi connectivity index (χ0n) is 9.99. The van der Waals surface area contributed by atoms with Gasteiger partial charge in [-0.3, -0.25) is 10.0 Å². The van der Waals surface area contributed by atoms with Gasteiger partial charge < -0.3 is 5.11 Å². The van der Waals surface area contributed by atoms with Gasteiger partial charge in [-0.15, -0.1) is 0 Å². The Hall–Kier alpha value is -1.46. The molecule has 5 nitrogen and oxygen atoms in total. The Bertz CT molecular complexity index is 471. The van der Waals surface area contributed by atoms with Crippen molar-refractivity contribution < 1.29 is 15.1 Å². The Kier molecular flexibility index (Phi) is 2.80. The average molecular weight is 248 g/mol. The van der Waals surface area contributed by atoms with Gasteiger partial charge in [-0.1, -0.05) is 18.9 Å². The van der Waals surface area contributed by atoms with E-state index >= 15 is 0 Å². The second-order valence-corrected chi connectivity index (χ2v) is 5.08. The molecule has 0 aromatic carbocycles. The summed E-state index contributed by atoms with van der Waals surface area (Å²) in [5.74, 6) is -0.644. The topological polar surface area (TPSA) is 73.7 Å². The average Bonchev–Trinajstić information content (AvgIpc) is 2.90. The van der Waals surface area contributed by atoms with Crippen LogP contribution < -0.4 is 5.06 Å². The van der Waals surface area contributed by atoms with Crippen LogP contribution in [-0.2, 0) is 4.79 Å². The maximum Gasteiger partial charge on any atom is 0.258 e. The summed E-state index contributed by atoms with van der Waals surface area (Å²) in [5.41, 5.74) is 0.538. The second-order valence-electron chi connectivity index (χ2n) is 5.08. The van der Waals surface area contributed by atoms with Gasteiger partial charge in [0.2, 0.25) is 0 Å². The largest absolute Gasteiger partial charge is 0.387 e. The number of rotatable bonds is 1. The predicted molar refractivity (Wildman–Crippen MR) is 63.9 cm³/mol. The fourth-order valence-corrected chi connectivity index (χ4v) is 3.17. The minimum atomic E-state index is -0.854. The number of fused-ring (bicyclic) bond motifs is 1. The molecule has 1 aliphatic heterocycles. The lowest BCUT2D eigenvalue weighted by atomic mass is 9.80. The molecule has 0 bridgehead atoms. The third kappa shape index (κ3) is 1.62. The van der Waals surface area contributed by atoms with Crippen molar-refractivity contribution in [2.75, 3.05) is 5.06 Å². The number of aliphatic hydroxyl groups is 1. The number of amides is 1. The molecule has 0 radical (unpaired) electrons. The Balaban J connectivity index is 2.01. The molecule has 3 rings (SSSR count). The summed E-state index contributed by atoms with van der Waals surface area (Å²) in [7, 11) is 0. The highest BCUT2D eigenvalue weighted by molar-refractivity contribution is 5.95.